The second-order valence-electron chi connectivity index (χ2n) is 10.5. The van der Waals surface area contributed by atoms with Crippen LogP contribution in [-0.2, 0) is 23.1 Å². The number of benzene rings is 1. The van der Waals surface area contributed by atoms with Gasteiger partial charge in [0.15, 0.2) is 0 Å². The summed E-state index contributed by atoms with van der Waals surface area (Å²) >= 11 is 0. The van der Waals surface area contributed by atoms with Crippen molar-refractivity contribution in [3.63, 3.8) is 0 Å². The van der Waals surface area contributed by atoms with Crippen LogP contribution in [0.3, 0.4) is 0 Å². The van der Waals surface area contributed by atoms with Crippen LogP contribution in [0.2, 0.25) is 0 Å². The van der Waals surface area contributed by atoms with Crippen molar-refractivity contribution >= 4 is 17.5 Å². The van der Waals surface area contributed by atoms with Gasteiger partial charge in [-0.25, -0.2) is 9.07 Å². The van der Waals surface area contributed by atoms with E-state index in [2.05, 4.69) is 10.3 Å². The smallest absolute Gasteiger partial charge is 0.383 e. The first-order valence-electron chi connectivity index (χ1n) is 11.8. The van der Waals surface area contributed by atoms with Gasteiger partial charge in [0.25, 0.3) is 5.91 Å². The molecule has 1 amide bonds. The number of amides is 1. The molecule has 4 N–H and O–H groups in total. The van der Waals surface area contributed by atoms with E-state index in [4.69, 9.17) is 16.0 Å². The number of halogens is 4. The normalized spacial score (nSPS) is 22.6. The third-order valence-electron chi connectivity index (χ3n) is 7.50. The summed E-state index contributed by atoms with van der Waals surface area (Å²) < 4.78 is 60.9. The molecule has 6 rings (SSSR count). The molecule has 3 aliphatic rings. The standard InChI is InChI=1S/C25H25F4N5O3/c1-12(2)34-21(30)19(22(31)36)20(32-34)14-4-3-13(17(26)6-14)5-15(35)7-16-8-18(33-37-16)23-9-24(10-23,11-23)25(27,28)29/h3-4,6,8,12H,5,7,9-11,30H2,1-2H3,(H2,31,36). The van der Waals surface area contributed by atoms with Crippen molar-refractivity contribution in [1.29, 1.82) is 0 Å². The van der Waals surface area contributed by atoms with Crippen molar-refractivity contribution < 1.29 is 31.7 Å². The molecule has 2 aromatic heterocycles. The Bertz CT molecular complexity index is 1400. The minimum atomic E-state index is -4.22. The van der Waals surface area contributed by atoms with Crippen LogP contribution in [0.5, 0.6) is 0 Å². The van der Waals surface area contributed by atoms with E-state index in [1.807, 2.05) is 13.8 Å². The lowest BCUT2D eigenvalue weighted by Crippen LogP contribution is -2.70. The Morgan fingerprint density at radius 3 is 2.41 bits per heavy atom. The molecule has 3 fully saturated rings. The molecule has 2 heterocycles. The molecule has 1 aromatic carbocycles. The molecule has 0 unspecified atom stereocenters. The molecule has 12 heteroatoms. The molecule has 0 spiro atoms. The number of carbonyl (C=O) groups excluding carboxylic acids is 2. The predicted octanol–water partition coefficient (Wildman–Crippen LogP) is 4.28. The van der Waals surface area contributed by atoms with Crippen LogP contribution in [-0.4, -0.2) is 32.8 Å². The fourth-order valence-corrected chi connectivity index (χ4v) is 5.60. The SMILES string of the molecule is CC(C)n1nc(-c2ccc(CC(=O)Cc3cc(C45CC(C(F)(F)F)(C4)C5)no3)c(F)c2)c(C(N)=O)c1N. The molecule has 3 saturated carbocycles. The molecule has 0 atom stereocenters. The van der Waals surface area contributed by atoms with E-state index < -0.39 is 28.7 Å². The second kappa shape index (κ2) is 8.15. The van der Waals surface area contributed by atoms with E-state index in [0.29, 0.717) is 5.69 Å². The van der Waals surface area contributed by atoms with Crippen molar-refractivity contribution in [2.24, 2.45) is 11.1 Å². The fourth-order valence-electron chi connectivity index (χ4n) is 5.60. The van der Waals surface area contributed by atoms with Gasteiger partial charge in [0.2, 0.25) is 0 Å². The van der Waals surface area contributed by atoms with Crippen LogP contribution in [0, 0.1) is 11.2 Å². The number of anilines is 1. The number of nitrogens with zero attached hydrogens (tertiary/aromatic N) is 3. The van der Waals surface area contributed by atoms with Crippen LogP contribution in [0.1, 0.15) is 66.5 Å². The molecule has 37 heavy (non-hydrogen) atoms. The minimum absolute atomic E-state index is 0.0112. The molecule has 8 nitrogen and oxygen atoms in total. The maximum Gasteiger partial charge on any atom is 0.394 e. The van der Waals surface area contributed by atoms with Crippen LogP contribution in [0.25, 0.3) is 11.3 Å². The highest BCUT2D eigenvalue weighted by atomic mass is 19.4. The highest BCUT2D eigenvalue weighted by Crippen LogP contribution is 2.78. The molecule has 0 radical (unpaired) electrons. The van der Waals surface area contributed by atoms with Gasteiger partial charge in [-0.05, 0) is 44.7 Å². The van der Waals surface area contributed by atoms with E-state index in [0.717, 1.165) is 6.07 Å². The predicted molar refractivity (Wildman–Crippen MR) is 124 cm³/mol. The van der Waals surface area contributed by atoms with Gasteiger partial charge in [0, 0.05) is 29.5 Å². The maximum atomic E-state index is 14.9. The lowest BCUT2D eigenvalue weighted by atomic mass is 9.34. The number of rotatable bonds is 8. The summed E-state index contributed by atoms with van der Waals surface area (Å²) in [5.74, 6) is -1.52. The summed E-state index contributed by atoms with van der Waals surface area (Å²) in [6.07, 6.45) is -4.68. The number of primary amides is 1. The molecule has 0 saturated heterocycles. The minimum Gasteiger partial charge on any atom is -0.383 e. The van der Waals surface area contributed by atoms with Gasteiger partial charge in [-0.2, -0.15) is 18.3 Å². The Morgan fingerprint density at radius 1 is 1.16 bits per heavy atom. The van der Waals surface area contributed by atoms with E-state index in [-0.39, 0.29) is 77.9 Å². The van der Waals surface area contributed by atoms with Gasteiger partial charge < -0.3 is 16.0 Å². The first-order chi connectivity index (χ1) is 17.3. The zero-order chi connectivity index (χ0) is 26.9. The maximum absolute atomic E-state index is 14.9. The summed E-state index contributed by atoms with van der Waals surface area (Å²) in [6, 6.07) is 5.47. The zero-order valence-corrected chi connectivity index (χ0v) is 20.2. The number of alkyl halides is 3. The second-order valence-corrected chi connectivity index (χ2v) is 10.5. The van der Waals surface area contributed by atoms with Gasteiger partial charge in [0.05, 0.1) is 17.5 Å². The third-order valence-corrected chi connectivity index (χ3v) is 7.50. The van der Waals surface area contributed by atoms with Crippen molar-refractivity contribution in [3.05, 3.63) is 52.7 Å². The van der Waals surface area contributed by atoms with Crippen molar-refractivity contribution in [2.45, 2.75) is 63.6 Å². The molecular formula is C25H25F4N5O3. The zero-order valence-electron chi connectivity index (χ0n) is 20.2. The number of nitrogen functional groups attached to an aromatic ring is 1. The number of hydrogen-bond acceptors (Lipinski definition) is 6. The van der Waals surface area contributed by atoms with Crippen molar-refractivity contribution in [2.75, 3.05) is 5.73 Å². The Balaban J connectivity index is 1.27. The topological polar surface area (TPSA) is 130 Å². The van der Waals surface area contributed by atoms with E-state index >= 15 is 0 Å². The lowest BCUT2D eigenvalue weighted by molar-refractivity contribution is -0.338. The number of Topliss-reactive ketones (excluding diaryl/α,β-unsaturated/α-hetero) is 1. The molecule has 3 aliphatic carbocycles. The van der Waals surface area contributed by atoms with Crippen LogP contribution in [0.4, 0.5) is 23.4 Å². The van der Waals surface area contributed by atoms with Gasteiger partial charge in [-0.15, -0.1) is 0 Å². The van der Waals surface area contributed by atoms with Gasteiger partial charge in [0.1, 0.15) is 34.4 Å². The molecular weight excluding hydrogens is 494 g/mol. The molecule has 2 bridgehead atoms. The first kappa shape index (κ1) is 25.0. The van der Waals surface area contributed by atoms with Crippen molar-refractivity contribution in [1.82, 2.24) is 14.9 Å². The number of ketones is 1. The third kappa shape index (κ3) is 3.89. The monoisotopic (exact) mass is 519 g/mol. The summed E-state index contributed by atoms with van der Waals surface area (Å²) in [4.78, 5) is 24.6. The number of hydrogen-bond donors (Lipinski definition) is 2. The Kier molecular flexibility index (Phi) is 5.50. The van der Waals surface area contributed by atoms with Crippen LogP contribution < -0.4 is 11.5 Å². The van der Waals surface area contributed by atoms with Crippen molar-refractivity contribution in [3.8, 4) is 11.3 Å². The quantitative estimate of drug-likeness (QED) is 0.428. The van der Waals surface area contributed by atoms with E-state index in [1.165, 1.54) is 22.9 Å². The Labute approximate surface area is 209 Å². The Hall–Kier alpha value is -3.70. The number of nitrogens with two attached hydrogens (primary N) is 2. The van der Waals surface area contributed by atoms with E-state index in [1.54, 1.807) is 0 Å². The number of aromatic nitrogens is 3. The summed E-state index contributed by atoms with van der Waals surface area (Å²) in [7, 11) is 0. The fraction of sp³-hybridized carbons (Fsp3) is 0.440. The number of carbonyl (C=O) groups is 2. The highest BCUT2D eigenvalue weighted by molar-refractivity contribution is 6.03. The Morgan fingerprint density at radius 2 is 1.84 bits per heavy atom. The molecule has 196 valence electrons. The van der Waals surface area contributed by atoms with E-state index in [9.17, 15) is 27.2 Å². The van der Waals surface area contributed by atoms with Crippen LogP contribution >= 0.6 is 0 Å². The average molecular weight is 519 g/mol. The van der Waals surface area contributed by atoms with Gasteiger partial charge in [-0.1, -0.05) is 17.3 Å². The molecule has 3 aromatic rings. The van der Waals surface area contributed by atoms with Crippen LogP contribution in [0.15, 0.2) is 28.8 Å². The summed E-state index contributed by atoms with van der Waals surface area (Å²) in [6.45, 7) is 3.64. The van der Waals surface area contributed by atoms with Gasteiger partial charge >= 0.3 is 6.18 Å². The van der Waals surface area contributed by atoms with Gasteiger partial charge in [-0.3, -0.25) is 9.59 Å². The average Bonchev–Trinajstić information content (AvgIpc) is 3.30. The highest BCUT2D eigenvalue weighted by Gasteiger charge is 2.79. The first-order valence-corrected chi connectivity index (χ1v) is 11.8. The molecule has 0 aliphatic heterocycles. The lowest BCUT2D eigenvalue weighted by Gasteiger charge is -2.69. The summed E-state index contributed by atoms with van der Waals surface area (Å²) in [5.41, 5.74) is 10.2. The summed E-state index contributed by atoms with van der Waals surface area (Å²) in [5, 5.41) is 8.22. The largest absolute Gasteiger partial charge is 0.394 e.